The molecular formula is C11H16N2. The van der Waals surface area contributed by atoms with Crippen LogP contribution in [0.4, 0.5) is 0 Å². The van der Waals surface area contributed by atoms with Gasteiger partial charge in [0.05, 0.1) is 0 Å². The monoisotopic (exact) mass is 176 g/mol. The van der Waals surface area contributed by atoms with Gasteiger partial charge >= 0.3 is 0 Å². The summed E-state index contributed by atoms with van der Waals surface area (Å²) in [5, 5.41) is 0. The van der Waals surface area contributed by atoms with Crippen molar-refractivity contribution in [1.29, 1.82) is 0 Å². The molecule has 0 saturated carbocycles. The van der Waals surface area contributed by atoms with E-state index in [1.54, 1.807) is 0 Å². The van der Waals surface area contributed by atoms with Crippen LogP contribution >= 0.6 is 0 Å². The van der Waals surface area contributed by atoms with E-state index in [1.807, 2.05) is 13.0 Å². The molecule has 1 atom stereocenters. The summed E-state index contributed by atoms with van der Waals surface area (Å²) in [6.07, 6.45) is 1.47. The van der Waals surface area contributed by atoms with E-state index in [1.165, 1.54) is 17.3 Å². The Morgan fingerprint density at radius 3 is 2.69 bits per heavy atom. The van der Waals surface area contributed by atoms with Gasteiger partial charge in [0.1, 0.15) is 0 Å². The molecule has 1 aromatic carbocycles. The fourth-order valence-corrected chi connectivity index (χ4v) is 1.28. The highest BCUT2D eigenvalue weighted by Gasteiger charge is 2.07. The highest BCUT2D eigenvalue weighted by atomic mass is 14.6. The molecular weight excluding hydrogens is 160 g/mol. The van der Waals surface area contributed by atoms with Crippen LogP contribution in [0.2, 0.25) is 0 Å². The molecule has 1 unspecified atom stereocenters. The Balaban J connectivity index is 2.95. The van der Waals surface area contributed by atoms with Crippen molar-refractivity contribution in [3.63, 3.8) is 0 Å². The van der Waals surface area contributed by atoms with Crippen LogP contribution in [0.3, 0.4) is 0 Å². The molecule has 0 radical (unpaired) electrons. The summed E-state index contributed by atoms with van der Waals surface area (Å²) in [6, 6.07) is 8.29. The van der Waals surface area contributed by atoms with Gasteiger partial charge in [-0.25, -0.2) is 0 Å². The number of aryl methyl sites for hydroxylation is 1. The van der Waals surface area contributed by atoms with Crippen molar-refractivity contribution in [2.24, 2.45) is 11.5 Å². The van der Waals surface area contributed by atoms with Crippen molar-refractivity contribution >= 4 is 0 Å². The lowest BCUT2D eigenvalue weighted by molar-refractivity contribution is 0.870. The number of hydrogen-bond acceptors (Lipinski definition) is 2. The predicted octanol–water partition coefficient (Wildman–Crippen LogP) is 1.86. The number of benzene rings is 1. The molecule has 0 fully saturated rings. The fraction of sp³-hybridized carbons (Fsp3) is 0.273. The number of nitrogens with two attached hydrogens (primary N) is 2. The van der Waals surface area contributed by atoms with Crippen molar-refractivity contribution in [2.75, 3.05) is 0 Å². The van der Waals surface area contributed by atoms with Crippen LogP contribution in [-0.4, -0.2) is 0 Å². The van der Waals surface area contributed by atoms with Crippen LogP contribution in [0.15, 0.2) is 36.2 Å². The summed E-state index contributed by atoms with van der Waals surface area (Å²) in [5.41, 5.74) is 14.3. The first-order valence-corrected chi connectivity index (χ1v) is 4.39. The van der Waals surface area contributed by atoms with Crippen molar-refractivity contribution < 1.29 is 0 Å². The molecule has 2 heteroatoms. The maximum atomic E-state index is 5.73. The normalized spacial score (nSPS) is 14.2. The summed E-state index contributed by atoms with van der Waals surface area (Å²) >= 11 is 0. The predicted molar refractivity (Wildman–Crippen MR) is 56.1 cm³/mol. The molecule has 0 aliphatic carbocycles. The molecule has 0 amide bonds. The molecule has 0 aliphatic heterocycles. The number of allylic oxidation sites excluding steroid dienone is 1. The Morgan fingerprint density at radius 2 is 2.15 bits per heavy atom. The van der Waals surface area contributed by atoms with Crippen LogP contribution in [0.25, 0.3) is 0 Å². The van der Waals surface area contributed by atoms with Crippen molar-refractivity contribution in [2.45, 2.75) is 19.8 Å². The zero-order valence-corrected chi connectivity index (χ0v) is 8.12. The Hall–Kier alpha value is -1.44. The summed E-state index contributed by atoms with van der Waals surface area (Å²) in [6.45, 7) is 4.12. The first-order valence-electron chi connectivity index (χ1n) is 4.39. The van der Waals surface area contributed by atoms with E-state index >= 15 is 0 Å². The molecule has 0 aliphatic rings. The van der Waals surface area contributed by atoms with Crippen molar-refractivity contribution in [3.05, 3.63) is 47.3 Å². The molecule has 0 heterocycles. The van der Waals surface area contributed by atoms with Crippen molar-refractivity contribution in [3.8, 4) is 0 Å². The lowest BCUT2D eigenvalue weighted by Gasteiger charge is -2.12. The summed E-state index contributed by atoms with van der Waals surface area (Å²) in [7, 11) is 0. The lowest BCUT2D eigenvalue weighted by Crippen LogP contribution is -2.09. The SMILES string of the molecule is Cc1cccc(C(C)/C(N)=C/N)c1. The summed E-state index contributed by atoms with van der Waals surface area (Å²) in [4.78, 5) is 0. The zero-order valence-electron chi connectivity index (χ0n) is 8.12. The van der Waals surface area contributed by atoms with Crippen LogP contribution in [-0.2, 0) is 0 Å². The third kappa shape index (κ3) is 2.25. The van der Waals surface area contributed by atoms with Gasteiger partial charge in [-0.1, -0.05) is 36.8 Å². The molecule has 0 bridgehead atoms. The third-order valence-electron chi connectivity index (χ3n) is 2.23. The summed E-state index contributed by atoms with van der Waals surface area (Å²) < 4.78 is 0. The van der Waals surface area contributed by atoms with E-state index in [2.05, 4.69) is 25.1 Å². The second-order valence-corrected chi connectivity index (χ2v) is 3.30. The van der Waals surface area contributed by atoms with E-state index < -0.39 is 0 Å². The third-order valence-corrected chi connectivity index (χ3v) is 2.23. The Labute approximate surface area is 79.2 Å². The molecule has 1 aromatic rings. The highest BCUT2D eigenvalue weighted by Crippen LogP contribution is 2.20. The van der Waals surface area contributed by atoms with Gasteiger partial charge < -0.3 is 11.5 Å². The standard InChI is InChI=1S/C11H16N2/c1-8-4-3-5-10(6-8)9(2)11(13)7-12/h3-7,9H,12-13H2,1-2H3/b11-7-. The van der Waals surface area contributed by atoms with Gasteiger partial charge in [-0.05, 0) is 12.5 Å². The number of rotatable bonds is 2. The lowest BCUT2D eigenvalue weighted by atomic mass is 9.97. The van der Waals surface area contributed by atoms with Gasteiger partial charge in [-0.15, -0.1) is 0 Å². The average molecular weight is 176 g/mol. The van der Waals surface area contributed by atoms with E-state index in [0.717, 1.165) is 0 Å². The smallest absolute Gasteiger partial charge is 0.0311 e. The average Bonchev–Trinajstić information content (AvgIpc) is 2.15. The molecule has 0 aromatic heterocycles. The first kappa shape index (κ1) is 9.65. The maximum Gasteiger partial charge on any atom is 0.0311 e. The van der Waals surface area contributed by atoms with Gasteiger partial charge in [0, 0.05) is 17.8 Å². The molecule has 1 rings (SSSR count). The van der Waals surface area contributed by atoms with E-state index in [0.29, 0.717) is 5.70 Å². The van der Waals surface area contributed by atoms with Crippen molar-refractivity contribution in [1.82, 2.24) is 0 Å². The maximum absolute atomic E-state index is 5.73. The minimum Gasteiger partial charge on any atom is -0.403 e. The highest BCUT2D eigenvalue weighted by molar-refractivity contribution is 5.29. The number of hydrogen-bond donors (Lipinski definition) is 2. The molecule has 4 N–H and O–H groups in total. The van der Waals surface area contributed by atoms with Crippen LogP contribution in [0.5, 0.6) is 0 Å². The topological polar surface area (TPSA) is 52.0 Å². The second kappa shape index (κ2) is 3.99. The first-order chi connectivity index (χ1) is 6.15. The molecule has 0 spiro atoms. The molecule has 2 nitrogen and oxygen atoms in total. The van der Waals surface area contributed by atoms with E-state index in [9.17, 15) is 0 Å². The van der Waals surface area contributed by atoms with Crippen LogP contribution < -0.4 is 11.5 Å². The minimum atomic E-state index is 0.199. The molecule has 13 heavy (non-hydrogen) atoms. The molecule has 0 saturated heterocycles. The second-order valence-electron chi connectivity index (χ2n) is 3.30. The van der Waals surface area contributed by atoms with Gasteiger partial charge in [-0.2, -0.15) is 0 Å². The Kier molecular flexibility index (Phi) is 2.96. The van der Waals surface area contributed by atoms with Crippen LogP contribution in [0.1, 0.15) is 24.0 Å². The van der Waals surface area contributed by atoms with Gasteiger partial charge in [0.15, 0.2) is 0 Å². The minimum absolute atomic E-state index is 0.199. The van der Waals surface area contributed by atoms with Crippen LogP contribution in [0, 0.1) is 6.92 Å². The quantitative estimate of drug-likeness (QED) is 0.722. The largest absolute Gasteiger partial charge is 0.403 e. The van der Waals surface area contributed by atoms with E-state index in [4.69, 9.17) is 11.5 Å². The van der Waals surface area contributed by atoms with Gasteiger partial charge in [0.25, 0.3) is 0 Å². The van der Waals surface area contributed by atoms with E-state index in [-0.39, 0.29) is 5.92 Å². The zero-order chi connectivity index (χ0) is 9.84. The van der Waals surface area contributed by atoms with Gasteiger partial charge in [0.2, 0.25) is 0 Å². The van der Waals surface area contributed by atoms with Gasteiger partial charge in [-0.3, -0.25) is 0 Å². The Bertz CT molecular complexity index is 316. The Morgan fingerprint density at radius 1 is 1.46 bits per heavy atom. The molecule has 70 valence electrons. The summed E-state index contributed by atoms with van der Waals surface area (Å²) in [5.74, 6) is 0.199. The fourth-order valence-electron chi connectivity index (χ4n) is 1.28.